The van der Waals surface area contributed by atoms with Crippen molar-refractivity contribution in [2.24, 2.45) is 0 Å². The summed E-state index contributed by atoms with van der Waals surface area (Å²) in [5, 5.41) is 0.235. The molecule has 1 rings (SSSR count). The van der Waals surface area contributed by atoms with Crippen LogP contribution in [-0.2, 0) is 9.05 Å². The van der Waals surface area contributed by atoms with Crippen LogP contribution in [0, 0.1) is 6.92 Å². The van der Waals surface area contributed by atoms with Gasteiger partial charge < -0.3 is 4.74 Å². The van der Waals surface area contributed by atoms with Crippen molar-refractivity contribution in [3.8, 4) is 5.75 Å². The lowest BCUT2D eigenvalue weighted by Gasteiger charge is -2.13. The van der Waals surface area contributed by atoms with E-state index >= 15 is 0 Å². The largest absolute Gasteiger partial charge is 0.489 e. The predicted molar refractivity (Wildman–Crippen MR) is 65.0 cm³/mol. The van der Waals surface area contributed by atoms with Crippen LogP contribution in [0.25, 0.3) is 0 Å². The van der Waals surface area contributed by atoms with E-state index in [1.54, 1.807) is 13.0 Å². The highest BCUT2D eigenvalue weighted by Gasteiger charge is 2.17. The van der Waals surface area contributed by atoms with Crippen molar-refractivity contribution >= 4 is 31.3 Å². The molecule has 0 unspecified atom stereocenters. The monoisotopic (exact) mass is 282 g/mol. The Balaban J connectivity index is 3.28. The summed E-state index contributed by atoms with van der Waals surface area (Å²) in [5.74, 6) is 0.457. The summed E-state index contributed by atoms with van der Waals surface area (Å²) in [6, 6.07) is 2.87. The smallest absolute Gasteiger partial charge is 0.261 e. The Labute approximate surface area is 105 Å². The first-order chi connectivity index (χ1) is 7.21. The normalized spacial score (nSPS) is 11.9. The predicted octanol–water partition coefficient (Wildman–Crippen LogP) is 3.36. The van der Waals surface area contributed by atoms with Crippen LogP contribution in [0.5, 0.6) is 5.75 Å². The van der Waals surface area contributed by atoms with Crippen molar-refractivity contribution in [2.45, 2.75) is 31.8 Å². The molecule has 0 aliphatic heterocycles. The van der Waals surface area contributed by atoms with Gasteiger partial charge in [0, 0.05) is 10.7 Å². The highest BCUT2D eigenvalue weighted by atomic mass is 35.7. The quantitative estimate of drug-likeness (QED) is 0.799. The molecule has 0 fully saturated rings. The molecule has 0 aliphatic rings. The van der Waals surface area contributed by atoms with Crippen LogP contribution in [-0.4, -0.2) is 14.5 Å². The second-order valence-corrected chi connectivity index (χ2v) is 6.59. The molecule has 0 saturated carbocycles. The lowest BCUT2D eigenvalue weighted by Crippen LogP contribution is -2.07. The molecular weight excluding hydrogens is 271 g/mol. The second kappa shape index (κ2) is 4.82. The maximum Gasteiger partial charge on any atom is 0.261 e. The highest BCUT2D eigenvalue weighted by Crippen LogP contribution is 2.32. The van der Waals surface area contributed by atoms with Gasteiger partial charge in [-0.05, 0) is 38.5 Å². The molecule has 0 saturated heterocycles. The van der Waals surface area contributed by atoms with Gasteiger partial charge in [0.1, 0.15) is 5.75 Å². The summed E-state index contributed by atoms with van der Waals surface area (Å²) in [4.78, 5) is 0.00951. The Kier molecular flexibility index (Phi) is 4.10. The average Bonchev–Trinajstić information content (AvgIpc) is 2.07. The van der Waals surface area contributed by atoms with Gasteiger partial charge in [-0.2, -0.15) is 0 Å². The fourth-order valence-electron chi connectivity index (χ4n) is 1.24. The first kappa shape index (κ1) is 13.6. The minimum Gasteiger partial charge on any atom is -0.489 e. The summed E-state index contributed by atoms with van der Waals surface area (Å²) in [7, 11) is 1.50. The topological polar surface area (TPSA) is 43.4 Å². The molecule has 16 heavy (non-hydrogen) atoms. The van der Waals surface area contributed by atoms with Gasteiger partial charge in [0.15, 0.2) is 0 Å². The Morgan fingerprint density at radius 3 is 2.31 bits per heavy atom. The Morgan fingerprint density at radius 2 is 1.88 bits per heavy atom. The van der Waals surface area contributed by atoms with Gasteiger partial charge in [0.2, 0.25) is 0 Å². The number of rotatable bonds is 3. The molecule has 0 atom stereocenters. The average molecular weight is 283 g/mol. The molecule has 0 N–H and O–H groups in total. The van der Waals surface area contributed by atoms with E-state index in [0.717, 1.165) is 0 Å². The maximum absolute atomic E-state index is 11.2. The zero-order valence-electron chi connectivity index (χ0n) is 9.12. The van der Waals surface area contributed by atoms with Gasteiger partial charge in [0.05, 0.1) is 16.0 Å². The minimum atomic E-state index is -3.77. The lowest BCUT2D eigenvalue weighted by molar-refractivity contribution is 0.242. The second-order valence-electron chi connectivity index (χ2n) is 3.65. The van der Waals surface area contributed by atoms with Crippen LogP contribution in [0.4, 0.5) is 0 Å². The summed E-state index contributed by atoms with van der Waals surface area (Å²) >= 11 is 5.90. The fourth-order valence-corrected chi connectivity index (χ4v) is 2.72. The number of ether oxygens (including phenoxy) is 1. The van der Waals surface area contributed by atoms with Gasteiger partial charge in [-0.3, -0.25) is 0 Å². The molecule has 0 radical (unpaired) electrons. The lowest BCUT2D eigenvalue weighted by atomic mass is 10.2. The van der Waals surface area contributed by atoms with Gasteiger partial charge >= 0.3 is 0 Å². The molecule has 90 valence electrons. The molecule has 0 heterocycles. The van der Waals surface area contributed by atoms with Crippen molar-refractivity contribution in [3.63, 3.8) is 0 Å². The van der Waals surface area contributed by atoms with Crippen LogP contribution in [0.1, 0.15) is 19.4 Å². The number of hydrogen-bond donors (Lipinski definition) is 0. The van der Waals surface area contributed by atoms with E-state index in [0.29, 0.717) is 11.3 Å². The summed E-state index contributed by atoms with van der Waals surface area (Å²) < 4.78 is 27.8. The molecule has 0 spiro atoms. The Bertz CT molecular complexity index is 495. The van der Waals surface area contributed by atoms with E-state index < -0.39 is 9.05 Å². The van der Waals surface area contributed by atoms with Crippen LogP contribution in [0.15, 0.2) is 17.0 Å². The van der Waals surface area contributed by atoms with Gasteiger partial charge in [-0.25, -0.2) is 8.42 Å². The number of hydrogen-bond acceptors (Lipinski definition) is 3. The highest BCUT2D eigenvalue weighted by molar-refractivity contribution is 8.13. The molecule has 0 aliphatic carbocycles. The van der Waals surface area contributed by atoms with Gasteiger partial charge in [0.25, 0.3) is 9.05 Å². The maximum atomic E-state index is 11.2. The van der Waals surface area contributed by atoms with E-state index in [9.17, 15) is 8.42 Å². The van der Waals surface area contributed by atoms with Gasteiger partial charge in [-0.15, -0.1) is 0 Å². The summed E-state index contributed by atoms with van der Waals surface area (Å²) in [5.41, 5.74) is 0.509. The van der Waals surface area contributed by atoms with Crippen molar-refractivity contribution < 1.29 is 13.2 Å². The standard InChI is InChI=1S/C10H12Cl2O3S/c1-6(2)15-9-4-7(3)10(5-8(9)11)16(12,13)14/h4-6H,1-3H3. The van der Waals surface area contributed by atoms with Crippen molar-refractivity contribution in [2.75, 3.05) is 0 Å². The zero-order chi connectivity index (χ0) is 12.5. The molecular formula is C10H12Cl2O3S. The SMILES string of the molecule is Cc1cc(OC(C)C)c(Cl)cc1S(=O)(=O)Cl. The minimum absolute atomic E-state index is 0.00951. The van der Waals surface area contributed by atoms with E-state index in [1.807, 2.05) is 13.8 Å². The van der Waals surface area contributed by atoms with E-state index in [-0.39, 0.29) is 16.0 Å². The van der Waals surface area contributed by atoms with Crippen LogP contribution >= 0.6 is 22.3 Å². The summed E-state index contributed by atoms with van der Waals surface area (Å²) in [6.07, 6.45) is -0.0321. The molecule has 6 heteroatoms. The number of benzene rings is 1. The fraction of sp³-hybridized carbons (Fsp3) is 0.400. The number of aryl methyl sites for hydroxylation is 1. The molecule has 3 nitrogen and oxygen atoms in total. The van der Waals surface area contributed by atoms with E-state index in [1.165, 1.54) is 6.07 Å². The molecule has 0 amide bonds. The van der Waals surface area contributed by atoms with Crippen molar-refractivity contribution in [1.29, 1.82) is 0 Å². The molecule has 0 bridgehead atoms. The van der Waals surface area contributed by atoms with Gasteiger partial charge in [-0.1, -0.05) is 11.6 Å². The van der Waals surface area contributed by atoms with Crippen LogP contribution in [0.2, 0.25) is 5.02 Å². The van der Waals surface area contributed by atoms with E-state index in [2.05, 4.69) is 0 Å². The third kappa shape index (κ3) is 3.27. The van der Waals surface area contributed by atoms with Crippen molar-refractivity contribution in [1.82, 2.24) is 0 Å². The first-order valence-electron chi connectivity index (χ1n) is 4.63. The zero-order valence-corrected chi connectivity index (χ0v) is 11.4. The molecule has 1 aromatic rings. The van der Waals surface area contributed by atoms with E-state index in [4.69, 9.17) is 27.0 Å². The number of halogens is 2. The summed E-state index contributed by atoms with van der Waals surface area (Å²) in [6.45, 7) is 5.36. The third-order valence-electron chi connectivity index (χ3n) is 1.85. The third-order valence-corrected chi connectivity index (χ3v) is 3.61. The first-order valence-corrected chi connectivity index (χ1v) is 7.32. The Morgan fingerprint density at radius 1 is 1.31 bits per heavy atom. The molecule has 1 aromatic carbocycles. The van der Waals surface area contributed by atoms with Crippen molar-refractivity contribution in [3.05, 3.63) is 22.7 Å². The van der Waals surface area contributed by atoms with Crippen LogP contribution in [0.3, 0.4) is 0 Å². The van der Waals surface area contributed by atoms with Crippen LogP contribution < -0.4 is 4.74 Å². The molecule has 0 aromatic heterocycles. The Hall–Kier alpha value is -0.450.